The Morgan fingerprint density at radius 3 is 2.46 bits per heavy atom. The standard InChI is InChI=1S/C18H17N3O4S/c1-13(22)15-6-4-8-17(10-15)21(26(2,24)25)12-18(23)20-16-7-3-5-14(9-16)11-19/h3-10H,12H2,1-2H3,(H,20,23). The van der Waals surface area contributed by atoms with E-state index >= 15 is 0 Å². The first kappa shape index (κ1) is 19.1. The smallest absolute Gasteiger partial charge is 0.245 e. The molecule has 26 heavy (non-hydrogen) atoms. The fourth-order valence-electron chi connectivity index (χ4n) is 2.28. The molecule has 0 heterocycles. The summed E-state index contributed by atoms with van der Waals surface area (Å²) >= 11 is 0. The normalized spacial score (nSPS) is 10.7. The number of ketones is 1. The number of amides is 1. The van der Waals surface area contributed by atoms with Gasteiger partial charge in [-0.2, -0.15) is 5.26 Å². The molecule has 0 saturated carbocycles. The molecule has 0 bridgehead atoms. The average Bonchev–Trinajstić information content (AvgIpc) is 2.59. The van der Waals surface area contributed by atoms with Crippen LogP contribution in [-0.2, 0) is 14.8 Å². The number of nitrogens with one attached hydrogen (secondary N) is 1. The lowest BCUT2D eigenvalue weighted by Gasteiger charge is -2.22. The molecule has 0 saturated heterocycles. The number of hydrogen-bond acceptors (Lipinski definition) is 5. The molecular formula is C18H17N3O4S. The quantitative estimate of drug-likeness (QED) is 0.783. The number of benzene rings is 2. The average molecular weight is 371 g/mol. The van der Waals surface area contributed by atoms with Crippen LogP contribution in [0.15, 0.2) is 48.5 Å². The van der Waals surface area contributed by atoms with E-state index in [0.29, 0.717) is 16.8 Å². The lowest BCUT2D eigenvalue weighted by molar-refractivity contribution is -0.114. The van der Waals surface area contributed by atoms with Crippen molar-refractivity contribution in [2.45, 2.75) is 6.92 Å². The molecule has 0 aromatic heterocycles. The Morgan fingerprint density at radius 1 is 1.15 bits per heavy atom. The molecule has 0 atom stereocenters. The van der Waals surface area contributed by atoms with Gasteiger partial charge in [0, 0.05) is 11.3 Å². The SMILES string of the molecule is CC(=O)c1cccc(N(CC(=O)Nc2cccc(C#N)c2)S(C)(=O)=O)c1. The number of carbonyl (C=O) groups is 2. The first-order valence-electron chi connectivity index (χ1n) is 7.59. The van der Waals surface area contributed by atoms with Crippen molar-refractivity contribution >= 4 is 33.1 Å². The molecule has 2 aromatic carbocycles. The molecule has 0 spiro atoms. The third-order valence-corrected chi connectivity index (χ3v) is 4.64. The number of anilines is 2. The first-order chi connectivity index (χ1) is 12.2. The summed E-state index contributed by atoms with van der Waals surface area (Å²) in [6.45, 7) is 0.912. The molecule has 134 valence electrons. The van der Waals surface area contributed by atoms with E-state index in [2.05, 4.69) is 5.32 Å². The fraction of sp³-hybridized carbons (Fsp3) is 0.167. The molecule has 7 nitrogen and oxygen atoms in total. The van der Waals surface area contributed by atoms with Gasteiger partial charge in [0.1, 0.15) is 6.54 Å². The van der Waals surface area contributed by atoms with Crippen molar-refractivity contribution in [1.82, 2.24) is 0 Å². The highest BCUT2D eigenvalue weighted by Crippen LogP contribution is 2.20. The lowest BCUT2D eigenvalue weighted by atomic mass is 10.1. The maximum absolute atomic E-state index is 12.3. The number of Topliss-reactive ketones (excluding diaryl/α,β-unsaturated/α-hetero) is 1. The number of sulfonamides is 1. The van der Waals surface area contributed by atoms with Gasteiger partial charge in [0.05, 0.1) is 23.6 Å². The summed E-state index contributed by atoms with van der Waals surface area (Å²) in [4.78, 5) is 23.8. The van der Waals surface area contributed by atoms with E-state index in [1.165, 1.54) is 25.1 Å². The number of nitriles is 1. The van der Waals surface area contributed by atoms with Gasteiger partial charge in [-0.3, -0.25) is 13.9 Å². The van der Waals surface area contributed by atoms with E-state index in [1.54, 1.807) is 30.3 Å². The van der Waals surface area contributed by atoms with Crippen LogP contribution in [0.25, 0.3) is 0 Å². The second-order valence-corrected chi connectivity index (χ2v) is 7.52. The molecule has 2 aromatic rings. The maximum Gasteiger partial charge on any atom is 0.245 e. The molecule has 2 rings (SSSR count). The Bertz CT molecular complexity index is 993. The first-order valence-corrected chi connectivity index (χ1v) is 9.44. The van der Waals surface area contributed by atoms with Crippen LogP contribution in [0.2, 0.25) is 0 Å². The third-order valence-electron chi connectivity index (χ3n) is 3.50. The van der Waals surface area contributed by atoms with Gasteiger partial charge in [-0.05, 0) is 37.3 Å². The monoisotopic (exact) mass is 371 g/mol. The van der Waals surface area contributed by atoms with Crippen molar-refractivity contribution in [2.24, 2.45) is 0 Å². The predicted molar refractivity (Wildman–Crippen MR) is 98.4 cm³/mol. The summed E-state index contributed by atoms with van der Waals surface area (Å²) < 4.78 is 25.2. The van der Waals surface area contributed by atoms with Gasteiger partial charge in [0.2, 0.25) is 15.9 Å². The minimum absolute atomic E-state index is 0.210. The van der Waals surface area contributed by atoms with E-state index in [4.69, 9.17) is 5.26 Å². The summed E-state index contributed by atoms with van der Waals surface area (Å²) in [5, 5.41) is 11.5. The molecule has 0 unspecified atom stereocenters. The summed E-state index contributed by atoms with van der Waals surface area (Å²) in [6.07, 6.45) is 0.983. The predicted octanol–water partition coefficient (Wildman–Crippen LogP) is 2.17. The molecule has 0 aliphatic rings. The van der Waals surface area contributed by atoms with Crippen molar-refractivity contribution in [3.05, 3.63) is 59.7 Å². The fourth-order valence-corrected chi connectivity index (χ4v) is 3.13. The van der Waals surface area contributed by atoms with Crippen molar-refractivity contribution in [2.75, 3.05) is 22.4 Å². The van der Waals surface area contributed by atoms with Crippen LogP contribution in [-0.4, -0.2) is 32.9 Å². The van der Waals surface area contributed by atoms with Crippen molar-refractivity contribution < 1.29 is 18.0 Å². The highest BCUT2D eigenvalue weighted by atomic mass is 32.2. The highest BCUT2D eigenvalue weighted by Gasteiger charge is 2.21. The van der Waals surface area contributed by atoms with E-state index < -0.39 is 22.5 Å². The van der Waals surface area contributed by atoms with E-state index in [9.17, 15) is 18.0 Å². The van der Waals surface area contributed by atoms with Gasteiger partial charge in [-0.1, -0.05) is 18.2 Å². The third kappa shape index (κ3) is 4.91. The van der Waals surface area contributed by atoms with Gasteiger partial charge in [-0.25, -0.2) is 8.42 Å². The van der Waals surface area contributed by atoms with Crippen LogP contribution < -0.4 is 9.62 Å². The number of hydrogen-bond donors (Lipinski definition) is 1. The molecule has 0 fully saturated rings. The van der Waals surface area contributed by atoms with Crippen LogP contribution in [0.1, 0.15) is 22.8 Å². The molecule has 0 aliphatic carbocycles. The Labute approximate surface area is 151 Å². The van der Waals surface area contributed by atoms with Crippen molar-refractivity contribution in [3.63, 3.8) is 0 Å². The minimum atomic E-state index is -3.75. The van der Waals surface area contributed by atoms with Crippen LogP contribution in [0.3, 0.4) is 0 Å². The van der Waals surface area contributed by atoms with E-state index in [1.807, 2.05) is 6.07 Å². The van der Waals surface area contributed by atoms with Gasteiger partial charge in [-0.15, -0.1) is 0 Å². The molecule has 0 radical (unpaired) electrons. The maximum atomic E-state index is 12.3. The summed E-state index contributed by atoms with van der Waals surface area (Å²) in [7, 11) is -3.75. The number of carbonyl (C=O) groups excluding carboxylic acids is 2. The molecule has 0 aliphatic heterocycles. The molecular weight excluding hydrogens is 354 g/mol. The Hall–Kier alpha value is -3.18. The van der Waals surface area contributed by atoms with Crippen LogP contribution in [0, 0.1) is 11.3 Å². The highest BCUT2D eigenvalue weighted by molar-refractivity contribution is 7.92. The molecule has 1 N–H and O–H groups in total. The van der Waals surface area contributed by atoms with Crippen LogP contribution in [0.5, 0.6) is 0 Å². The zero-order valence-corrected chi connectivity index (χ0v) is 15.1. The minimum Gasteiger partial charge on any atom is -0.324 e. The van der Waals surface area contributed by atoms with Crippen LogP contribution in [0.4, 0.5) is 11.4 Å². The second-order valence-electron chi connectivity index (χ2n) is 5.62. The Kier molecular flexibility index (Phi) is 5.75. The topological polar surface area (TPSA) is 107 Å². The molecule has 8 heteroatoms. The van der Waals surface area contributed by atoms with E-state index in [-0.39, 0.29) is 11.5 Å². The Balaban J connectivity index is 2.26. The molecule has 1 amide bonds. The summed E-state index contributed by atoms with van der Waals surface area (Å²) in [5.41, 5.74) is 1.33. The second kappa shape index (κ2) is 7.80. The van der Waals surface area contributed by atoms with Gasteiger partial charge < -0.3 is 5.32 Å². The lowest BCUT2D eigenvalue weighted by Crippen LogP contribution is -2.37. The van der Waals surface area contributed by atoms with Gasteiger partial charge >= 0.3 is 0 Å². The van der Waals surface area contributed by atoms with E-state index in [0.717, 1.165) is 10.6 Å². The summed E-state index contributed by atoms with van der Waals surface area (Å²) in [5.74, 6) is -0.781. The Morgan fingerprint density at radius 2 is 1.85 bits per heavy atom. The van der Waals surface area contributed by atoms with Crippen molar-refractivity contribution in [3.8, 4) is 6.07 Å². The zero-order chi connectivity index (χ0) is 19.3. The zero-order valence-electron chi connectivity index (χ0n) is 14.3. The van der Waals surface area contributed by atoms with Crippen molar-refractivity contribution in [1.29, 1.82) is 5.26 Å². The number of rotatable bonds is 6. The van der Waals surface area contributed by atoms with Gasteiger partial charge in [0.25, 0.3) is 0 Å². The number of nitrogens with zero attached hydrogens (tertiary/aromatic N) is 2. The van der Waals surface area contributed by atoms with Gasteiger partial charge in [0.15, 0.2) is 5.78 Å². The van der Waals surface area contributed by atoms with Crippen LogP contribution >= 0.6 is 0 Å². The largest absolute Gasteiger partial charge is 0.324 e. The summed E-state index contributed by atoms with van der Waals surface area (Å²) in [6, 6.07) is 14.3.